The maximum absolute atomic E-state index is 3.54. The predicted octanol–water partition coefficient (Wildman–Crippen LogP) is 3.74. The fraction of sp³-hybridized carbons (Fsp3) is 0.625. The van der Waals surface area contributed by atoms with E-state index in [9.17, 15) is 0 Å². The zero-order valence-electron chi connectivity index (χ0n) is 11.8. The largest absolute Gasteiger partial charge is 0.385 e. The number of nitrogens with zero attached hydrogens (tertiary/aromatic N) is 1. The highest BCUT2D eigenvalue weighted by atomic mass is 15.1. The van der Waals surface area contributed by atoms with Crippen molar-refractivity contribution >= 4 is 5.69 Å². The summed E-state index contributed by atoms with van der Waals surface area (Å²) in [4.78, 5) is 2.55. The van der Waals surface area contributed by atoms with Crippen LogP contribution in [0.4, 0.5) is 5.69 Å². The highest BCUT2D eigenvalue weighted by Gasteiger charge is 2.11. The summed E-state index contributed by atoms with van der Waals surface area (Å²) in [6.07, 6.45) is 3.97. The van der Waals surface area contributed by atoms with Gasteiger partial charge in [0.15, 0.2) is 0 Å². The number of benzene rings is 1. The SMILES string of the molecule is CCC(C)CNc1cccc(CN2CCCC2)c1. The number of hydrogen-bond acceptors (Lipinski definition) is 2. The van der Waals surface area contributed by atoms with Crippen LogP contribution >= 0.6 is 0 Å². The van der Waals surface area contributed by atoms with E-state index in [4.69, 9.17) is 0 Å². The highest BCUT2D eigenvalue weighted by molar-refractivity contribution is 5.45. The highest BCUT2D eigenvalue weighted by Crippen LogP contribution is 2.16. The molecule has 100 valence electrons. The quantitative estimate of drug-likeness (QED) is 0.822. The molecule has 1 aromatic carbocycles. The third-order valence-electron chi connectivity index (χ3n) is 3.88. The molecule has 0 bridgehead atoms. The molecular weight excluding hydrogens is 220 g/mol. The molecule has 0 aromatic heterocycles. The molecule has 0 aliphatic carbocycles. The summed E-state index contributed by atoms with van der Waals surface area (Å²) in [7, 11) is 0. The molecule has 2 rings (SSSR count). The Hall–Kier alpha value is -1.02. The lowest BCUT2D eigenvalue weighted by molar-refractivity contribution is 0.331. The van der Waals surface area contributed by atoms with Crippen LogP contribution in [0.2, 0.25) is 0 Å². The predicted molar refractivity (Wildman–Crippen MR) is 78.9 cm³/mol. The molecule has 1 saturated heterocycles. The third kappa shape index (κ3) is 4.02. The van der Waals surface area contributed by atoms with Crippen molar-refractivity contribution in [3.8, 4) is 0 Å². The molecule has 1 N–H and O–H groups in total. The second kappa shape index (κ2) is 6.79. The third-order valence-corrected chi connectivity index (χ3v) is 3.88. The summed E-state index contributed by atoms with van der Waals surface area (Å²) in [6, 6.07) is 8.90. The zero-order valence-corrected chi connectivity index (χ0v) is 11.8. The Bertz CT molecular complexity index is 356. The Morgan fingerprint density at radius 1 is 1.28 bits per heavy atom. The van der Waals surface area contributed by atoms with Gasteiger partial charge in [0.25, 0.3) is 0 Å². The minimum Gasteiger partial charge on any atom is -0.385 e. The maximum Gasteiger partial charge on any atom is 0.0343 e. The van der Waals surface area contributed by atoms with E-state index in [1.54, 1.807) is 0 Å². The molecule has 1 atom stereocenters. The van der Waals surface area contributed by atoms with Gasteiger partial charge in [-0.25, -0.2) is 0 Å². The first-order valence-electron chi connectivity index (χ1n) is 7.33. The van der Waals surface area contributed by atoms with Crippen LogP contribution in [-0.4, -0.2) is 24.5 Å². The van der Waals surface area contributed by atoms with Gasteiger partial charge in [0.05, 0.1) is 0 Å². The van der Waals surface area contributed by atoms with Crippen molar-refractivity contribution in [3.63, 3.8) is 0 Å². The molecular formula is C16H26N2. The smallest absolute Gasteiger partial charge is 0.0343 e. The Kier molecular flexibility index (Phi) is 5.06. The Morgan fingerprint density at radius 2 is 2.06 bits per heavy atom. The topological polar surface area (TPSA) is 15.3 Å². The standard InChI is InChI=1S/C16H26N2/c1-3-14(2)12-17-16-8-6-7-15(11-16)13-18-9-4-5-10-18/h6-8,11,14,17H,3-5,9-10,12-13H2,1-2H3. The monoisotopic (exact) mass is 246 g/mol. The van der Waals surface area contributed by atoms with E-state index >= 15 is 0 Å². The van der Waals surface area contributed by atoms with E-state index in [-0.39, 0.29) is 0 Å². The van der Waals surface area contributed by atoms with Gasteiger partial charge in [-0.2, -0.15) is 0 Å². The molecule has 1 aromatic rings. The fourth-order valence-corrected chi connectivity index (χ4v) is 2.41. The summed E-state index contributed by atoms with van der Waals surface area (Å²) >= 11 is 0. The second-order valence-electron chi connectivity index (χ2n) is 5.58. The summed E-state index contributed by atoms with van der Waals surface area (Å²) in [5.74, 6) is 0.743. The number of rotatable bonds is 6. The van der Waals surface area contributed by atoms with Crippen LogP contribution in [0.25, 0.3) is 0 Å². The van der Waals surface area contributed by atoms with Crippen molar-refractivity contribution in [2.75, 3.05) is 25.0 Å². The van der Waals surface area contributed by atoms with Gasteiger partial charge in [0.2, 0.25) is 0 Å². The summed E-state index contributed by atoms with van der Waals surface area (Å²) in [5, 5.41) is 3.54. The second-order valence-corrected chi connectivity index (χ2v) is 5.58. The number of hydrogen-bond donors (Lipinski definition) is 1. The minimum atomic E-state index is 0.743. The molecule has 1 heterocycles. The average molecular weight is 246 g/mol. The Balaban J connectivity index is 1.88. The first kappa shape index (κ1) is 13.4. The Labute approximate surface area is 111 Å². The van der Waals surface area contributed by atoms with E-state index in [1.807, 2.05) is 0 Å². The lowest BCUT2D eigenvalue weighted by atomic mass is 10.1. The van der Waals surface area contributed by atoms with Crippen LogP contribution in [-0.2, 0) is 6.54 Å². The van der Waals surface area contributed by atoms with Crippen LogP contribution < -0.4 is 5.32 Å². The normalized spacial score (nSPS) is 17.9. The van der Waals surface area contributed by atoms with Crippen LogP contribution in [0.1, 0.15) is 38.7 Å². The first-order valence-corrected chi connectivity index (χ1v) is 7.33. The fourth-order valence-electron chi connectivity index (χ4n) is 2.41. The van der Waals surface area contributed by atoms with Gasteiger partial charge in [-0.3, -0.25) is 4.90 Å². The van der Waals surface area contributed by atoms with Crippen molar-refractivity contribution in [1.29, 1.82) is 0 Å². The van der Waals surface area contributed by atoms with Crippen LogP contribution in [0.15, 0.2) is 24.3 Å². The Morgan fingerprint density at radius 3 is 2.78 bits per heavy atom. The maximum atomic E-state index is 3.54. The number of nitrogens with one attached hydrogen (secondary N) is 1. The molecule has 1 unspecified atom stereocenters. The average Bonchev–Trinajstić information content (AvgIpc) is 2.89. The van der Waals surface area contributed by atoms with Gasteiger partial charge in [-0.15, -0.1) is 0 Å². The van der Waals surface area contributed by atoms with E-state index in [2.05, 4.69) is 48.3 Å². The van der Waals surface area contributed by atoms with Gasteiger partial charge >= 0.3 is 0 Å². The summed E-state index contributed by atoms with van der Waals surface area (Å²) in [5.41, 5.74) is 2.71. The number of likely N-dealkylation sites (tertiary alicyclic amines) is 1. The molecule has 0 amide bonds. The molecule has 18 heavy (non-hydrogen) atoms. The van der Waals surface area contributed by atoms with Crippen LogP contribution in [0.3, 0.4) is 0 Å². The lowest BCUT2D eigenvalue weighted by Crippen LogP contribution is -2.18. The van der Waals surface area contributed by atoms with Gasteiger partial charge in [-0.1, -0.05) is 32.4 Å². The number of anilines is 1. The van der Waals surface area contributed by atoms with Crippen molar-refractivity contribution in [2.45, 2.75) is 39.7 Å². The van der Waals surface area contributed by atoms with E-state index < -0.39 is 0 Å². The van der Waals surface area contributed by atoms with Crippen LogP contribution in [0, 0.1) is 5.92 Å². The first-order chi connectivity index (χ1) is 8.78. The van der Waals surface area contributed by atoms with Gasteiger partial charge in [-0.05, 0) is 49.5 Å². The van der Waals surface area contributed by atoms with Gasteiger partial charge in [0.1, 0.15) is 0 Å². The van der Waals surface area contributed by atoms with Gasteiger partial charge < -0.3 is 5.32 Å². The summed E-state index contributed by atoms with van der Waals surface area (Å²) in [6.45, 7) is 9.26. The van der Waals surface area contributed by atoms with E-state index in [0.717, 1.165) is 19.0 Å². The molecule has 1 aliphatic rings. The summed E-state index contributed by atoms with van der Waals surface area (Å²) < 4.78 is 0. The van der Waals surface area contributed by atoms with Crippen molar-refractivity contribution < 1.29 is 0 Å². The van der Waals surface area contributed by atoms with E-state index in [0.29, 0.717) is 0 Å². The van der Waals surface area contributed by atoms with Crippen LogP contribution in [0.5, 0.6) is 0 Å². The van der Waals surface area contributed by atoms with Gasteiger partial charge in [0, 0.05) is 18.8 Å². The zero-order chi connectivity index (χ0) is 12.8. The van der Waals surface area contributed by atoms with Crippen molar-refractivity contribution in [1.82, 2.24) is 4.90 Å². The molecule has 0 saturated carbocycles. The van der Waals surface area contributed by atoms with E-state index in [1.165, 1.54) is 43.6 Å². The minimum absolute atomic E-state index is 0.743. The molecule has 1 fully saturated rings. The molecule has 2 heteroatoms. The molecule has 0 radical (unpaired) electrons. The molecule has 2 nitrogen and oxygen atoms in total. The molecule has 0 spiro atoms. The van der Waals surface area contributed by atoms with Crippen molar-refractivity contribution in [2.24, 2.45) is 5.92 Å². The van der Waals surface area contributed by atoms with Crippen molar-refractivity contribution in [3.05, 3.63) is 29.8 Å². The molecule has 1 aliphatic heterocycles. The lowest BCUT2D eigenvalue weighted by Gasteiger charge is -2.16.